The molecule has 2 aromatic heterocycles. The number of nitrogens with one attached hydrogen (secondary N) is 2. The monoisotopic (exact) mass is 1070 g/mol. The number of rotatable bonds is 12. The minimum Gasteiger partial charge on any atom is -0.464 e. The van der Waals surface area contributed by atoms with Gasteiger partial charge in [0.05, 0.1) is 30.2 Å². The number of carbonyl (C=O) groups is 5. The number of halogens is 3. The molecule has 0 saturated carbocycles. The summed E-state index contributed by atoms with van der Waals surface area (Å²) in [6.45, 7) is 19.5. The Bertz CT molecular complexity index is 2620. The van der Waals surface area contributed by atoms with Crippen molar-refractivity contribution in [2.75, 3.05) is 73.2 Å². The number of pyridine rings is 1. The number of cyclic esters (lactones) is 1. The average Bonchev–Trinajstić information content (AvgIpc) is 3.99. The molecular formula is C55H79F3N9O9+. The number of fused-ring (bicyclic) bond motifs is 6. The summed E-state index contributed by atoms with van der Waals surface area (Å²) in [6, 6.07) is 5.78. The van der Waals surface area contributed by atoms with Crippen molar-refractivity contribution in [1.29, 1.82) is 0 Å². The first-order chi connectivity index (χ1) is 35.7. The van der Waals surface area contributed by atoms with Gasteiger partial charge in [0.15, 0.2) is 6.54 Å². The summed E-state index contributed by atoms with van der Waals surface area (Å²) in [4.78, 5) is 79.8. The molecule has 2 N–H and O–H groups in total. The molecule has 1 unspecified atom stereocenters. The summed E-state index contributed by atoms with van der Waals surface area (Å²) in [5.41, 5.74) is 5.02. The van der Waals surface area contributed by atoms with E-state index in [4.69, 9.17) is 18.9 Å². The van der Waals surface area contributed by atoms with Crippen LogP contribution in [0.15, 0.2) is 36.5 Å². The highest BCUT2D eigenvalue weighted by Crippen LogP contribution is 2.43. The Morgan fingerprint density at radius 3 is 2.46 bits per heavy atom. The standard InChI is InChI=1S/C55H78F3N9O9/c1-34(2)46(63(10)51(71)65-24-20-38(30-65)74-26-25-62(9)52(72)76-53(4,5)6)48(68)60-43-31-64-22-13-15-37(29-64)36-18-19-44-40(27-36)41(28-54(7,8)33-75-50(70)42-17-14-23-67(61-42)49(43)69)47(66(44)32-55(56,57)58)39-16-12-21-59-45(39)35(3)73-11/h12,16,18-19,21,27,34-35,37-38,42-43,46,61H,9,13-15,17,20,22-26,28-33H2,1-8,10-11H3/p+1/t35-,37-,38+,42-,43-,46-/m0/s1. The predicted octanol–water partition coefficient (Wildman–Crippen LogP) is 7.07. The molecule has 4 aliphatic rings. The van der Waals surface area contributed by atoms with Crippen molar-refractivity contribution in [3.63, 3.8) is 0 Å². The Hall–Kier alpha value is -5.64. The van der Waals surface area contributed by atoms with Gasteiger partial charge in [0.25, 0.3) is 5.91 Å². The van der Waals surface area contributed by atoms with Crippen LogP contribution >= 0.6 is 0 Å². The minimum atomic E-state index is -4.58. The fraction of sp³-hybridized carbons (Fsp3) is 0.655. The third kappa shape index (κ3) is 14.1. The normalized spacial score (nSPS) is 23.4. The molecule has 18 nitrogen and oxygen atoms in total. The molecule has 76 heavy (non-hydrogen) atoms. The topological polar surface area (TPSA) is 180 Å². The highest BCUT2D eigenvalue weighted by Gasteiger charge is 2.41. The number of benzene rings is 1. The zero-order valence-corrected chi connectivity index (χ0v) is 46.0. The molecule has 3 saturated heterocycles. The van der Waals surface area contributed by atoms with Crippen LogP contribution in [0.2, 0.25) is 0 Å². The van der Waals surface area contributed by atoms with E-state index in [0.29, 0.717) is 72.3 Å². The van der Waals surface area contributed by atoms with Gasteiger partial charge in [-0.1, -0.05) is 33.8 Å². The zero-order chi connectivity index (χ0) is 55.4. The summed E-state index contributed by atoms with van der Waals surface area (Å²) < 4.78 is 70.0. The number of hydrazine groups is 1. The van der Waals surface area contributed by atoms with E-state index < -0.39 is 71.8 Å². The van der Waals surface area contributed by atoms with E-state index in [1.54, 1.807) is 64.0 Å². The van der Waals surface area contributed by atoms with Crippen LogP contribution in [0, 0.1) is 11.3 Å². The highest BCUT2D eigenvalue weighted by atomic mass is 19.4. The number of esters is 1. The number of urea groups is 1. The molecule has 4 aliphatic heterocycles. The molecule has 7 atom stereocenters. The van der Waals surface area contributed by atoms with E-state index >= 15 is 0 Å². The van der Waals surface area contributed by atoms with Crippen LogP contribution in [-0.4, -0.2) is 180 Å². The average molecular weight is 1070 g/mol. The Morgan fingerprint density at radius 1 is 1.03 bits per heavy atom. The second kappa shape index (κ2) is 23.9. The summed E-state index contributed by atoms with van der Waals surface area (Å²) in [5, 5.41) is 5.09. The van der Waals surface area contributed by atoms with E-state index in [1.807, 2.05) is 39.8 Å². The first kappa shape index (κ1) is 58.1. The molecule has 6 bridgehead atoms. The first-order valence-electron chi connectivity index (χ1n) is 26.6. The molecular weight excluding hydrogens is 988 g/mol. The number of nitrogens with zero attached hydrogens (tertiary/aromatic N) is 7. The van der Waals surface area contributed by atoms with Gasteiger partial charge < -0.3 is 43.5 Å². The van der Waals surface area contributed by atoms with Gasteiger partial charge in [-0.2, -0.15) is 18.0 Å². The highest BCUT2D eigenvalue weighted by molar-refractivity contribution is 5.94. The van der Waals surface area contributed by atoms with Crippen molar-refractivity contribution in [2.24, 2.45) is 11.3 Å². The quantitative estimate of drug-likeness (QED) is 0.107. The summed E-state index contributed by atoms with van der Waals surface area (Å²) in [5.74, 6) is -2.00. The van der Waals surface area contributed by atoms with Crippen LogP contribution < -0.4 is 10.7 Å². The van der Waals surface area contributed by atoms with Crippen molar-refractivity contribution in [3.8, 4) is 11.3 Å². The molecule has 5 amide bonds. The summed E-state index contributed by atoms with van der Waals surface area (Å²) >= 11 is 0. The summed E-state index contributed by atoms with van der Waals surface area (Å²) in [7, 11) is 3.11. The van der Waals surface area contributed by atoms with Crippen LogP contribution in [0.3, 0.4) is 0 Å². The molecule has 6 heterocycles. The van der Waals surface area contributed by atoms with Crippen LogP contribution in [0.1, 0.15) is 116 Å². The third-order valence-corrected chi connectivity index (χ3v) is 14.8. The number of likely N-dealkylation sites (N-methyl/N-ethyl adjacent to an activating group) is 1. The molecule has 3 aromatic rings. The lowest BCUT2D eigenvalue weighted by Gasteiger charge is -2.39. The fourth-order valence-corrected chi connectivity index (χ4v) is 11.0. The van der Waals surface area contributed by atoms with E-state index in [2.05, 4.69) is 27.3 Å². The smallest absolute Gasteiger partial charge is 0.464 e. The van der Waals surface area contributed by atoms with E-state index in [0.717, 1.165) is 18.4 Å². The Labute approximate surface area is 444 Å². The molecule has 21 heteroatoms. The minimum absolute atomic E-state index is 0.0766. The number of methoxy groups -OCH3 is 1. The SMILES string of the molecule is C=[N+](CCO[C@@H]1CCN(C(=O)N(C)[C@H](C(=O)N[C@H]2CN3CCC[C@@H](C3)c3ccc4c(c3)c(c(-c3cccnc3[C@H](C)OC)n4CC(F)(F)F)CC(C)(C)COC(=O)[C@@H]3CCCN(N3)C2=O)C(C)C)C1)C(=O)OC(C)(C)C. The van der Waals surface area contributed by atoms with Crippen LogP contribution in [0.5, 0.6) is 0 Å². The molecule has 0 aliphatic carbocycles. The van der Waals surface area contributed by atoms with Crippen LogP contribution in [0.4, 0.5) is 22.8 Å². The molecule has 7 rings (SSSR count). The van der Waals surface area contributed by atoms with Crippen LogP contribution in [-0.2, 0) is 46.3 Å². The Balaban J connectivity index is 1.17. The first-order valence-corrected chi connectivity index (χ1v) is 26.6. The van der Waals surface area contributed by atoms with Crippen molar-refractivity contribution >= 4 is 47.5 Å². The number of alkyl halides is 3. The lowest BCUT2D eigenvalue weighted by Crippen LogP contribution is -2.64. The molecule has 0 radical (unpaired) electrons. The number of amides is 5. The van der Waals surface area contributed by atoms with Crippen molar-refractivity contribution in [3.05, 3.63) is 53.3 Å². The van der Waals surface area contributed by atoms with Crippen molar-refractivity contribution in [2.45, 2.75) is 148 Å². The van der Waals surface area contributed by atoms with E-state index in [1.165, 1.54) is 26.2 Å². The molecule has 3 fully saturated rings. The van der Waals surface area contributed by atoms with Gasteiger partial charge in [-0.15, -0.1) is 4.58 Å². The van der Waals surface area contributed by atoms with Gasteiger partial charge in [-0.25, -0.2) is 10.2 Å². The van der Waals surface area contributed by atoms with E-state index in [9.17, 15) is 37.1 Å². The molecule has 1 aromatic carbocycles. The number of aromatic nitrogens is 2. The molecule has 0 spiro atoms. The van der Waals surface area contributed by atoms with Gasteiger partial charge in [0.1, 0.15) is 43.6 Å². The van der Waals surface area contributed by atoms with Crippen molar-refractivity contribution < 1.29 is 60.7 Å². The lowest BCUT2D eigenvalue weighted by atomic mass is 9.83. The third-order valence-electron chi connectivity index (χ3n) is 14.8. The maximum atomic E-state index is 14.8. The maximum absolute atomic E-state index is 14.8. The van der Waals surface area contributed by atoms with Crippen LogP contribution in [0.25, 0.3) is 22.2 Å². The number of carbonyl (C=O) groups excluding carboxylic acids is 5. The summed E-state index contributed by atoms with van der Waals surface area (Å²) in [6.07, 6.45) is -1.24. The lowest BCUT2D eigenvalue weighted by molar-refractivity contribution is -0.447. The number of piperidine rings is 1. The number of likely N-dealkylation sites (tertiary alicyclic amines) is 1. The second-order valence-corrected chi connectivity index (χ2v) is 23.1. The number of hydrogen-bond acceptors (Lipinski definition) is 12. The van der Waals surface area contributed by atoms with Gasteiger partial charge in [-0.05, 0) is 120 Å². The second-order valence-electron chi connectivity index (χ2n) is 23.1. The number of hydrogen-bond donors (Lipinski definition) is 2. The maximum Gasteiger partial charge on any atom is 0.596 e. The van der Waals surface area contributed by atoms with Gasteiger partial charge in [0, 0.05) is 75.0 Å². The molecule has 418 valence electrons. The van der Waals surface area contributed by atoms with Gasteiger partial charge in [0.2, 0.25) is 5.91 Å². The largest absolute Gasteiger partial charge is 0.596 e. The Morgan fingerprint density at radius 2 is 1.76 bits per heavy atom. The van der Waals surface area contributed by atoms with Gasteiger partial charge in [-0.3, -0.25) is 24.4 Å². The zero-order valence-electron chi connectivity index (χ0n) is 46.0. The number of ether oxygens (including phenoxy) is 4. The fourth-order valence-electron chi connectivity index (χ4n) is 11.0. The predicted molar refractivity (Wildman–Crippen MR) is 280 cm³/mol. The van der Waals surface area contributed by atoms with E-state index in [-0.39, 0.29) is 69.8 Å². The van der Waals surface area contributed by atoms with Crippen molar-refractivity contribution in [1.82, 2.24) is 40.0 Å². The van der Waals surface area contributed by atoms with Gasteiger partial charge >= 0.3 is 24.3 Å². The Kier molecular flexibility index (Phi) is 18.3.